The van der Waals surface area contributed by atoms with Crippen LogP contribution in [0.4, 0.5) is 4.79 Å². The Bertz CT molecular complexity index is 1460. The number of imidazole rings is 1. The van der Waals surface area contributed by atoms with Crippen molar-refractivity contribution in [2.24, 2.45) is 5.41 Å². The van der Waals surface area contributed by atoms with Gasteiger partial charge in [0.1, 0.15) is 11.2 Å². The Morgan fingerprint density at radius 1 is 1.11 bits per heavy atom. The summed E-state index contributed by atoms with van der Waals surface area (Å²) in [4.78, 5) is 18.8. The van der Waals surface area contributed by atoms with Crippen LogP contribution in [0.1, 0.15) is 44.7 Å². The zero-order valence-corrected chi connectivity index (χ0v) is 23.0. The van der Waals surface area contributed by atoms with E-state index in [1.54, 1.807) is 27.5 Å². The lowest BCUT2D eigenvalue weighted by molar-refractivity contribution is 0.0275. The van der Waals surface area contributed by atoms with E-state index >= 15 is 0 Å². The van der Waals surface area contributed by atoms with Crippen molar-refractivity contribution >= 4 is 27.5 Å². The SMILES string of the molecule is C=C(NCc1ccc(S(=O)(=O)N2CCC3(CCN(C(=O)OC(C)(C)C)C3)C2)cc1)c1ccc2nccn2c1. The van der Waals surface area contributed by atoms with Gasteiger partial charge in [-0.3, -0.25) is 0 Å². The van der Waals surface area contributed by atoms with Crippen molar-refractivity contribution in [3.8, 4) is 0 Å². The van der Waals surface area contributed by atoms with Gasteiger partial charge in [-0.25, -0.2) is 18.2 Å². The van der Waals surface area contributed by atoms with Crippen molar-refractivity contribution in [3.63, 3.8) is 0 Å². The van der Waals surface area contributed by atoms with Crippen LogP contribution in [0.3, 0.4) is 0 Å². The molecule has 38 heavy (non-hydrogen) atoms. The Labute approximate surface area is 224 Å². The van der Waals surface area contributed by atoms with E-state index in [1.807, 2.05) is 61.8 Å². The summed E-state index contributed by atoms with van der Waals surface area (Å²) < 4.78 is 35.8. The fourth-order valence-corrected chi connectivity index (χ4v) is 6.74. The monoisotopic (exact) mass is 537 g/mol. The number of likely N-dealkylation sites (tertiary alicyclic amines) is 1. The van der Waals surface area contributed by atoms with Crippen LogP contribution in [0.2, 0.25) is 0 Å². The molecule has 0 saturated carbocycles. The number of rotatable bonds is 6. The van der Waals surface area contributed by atoms with Gasteiger partial charge >= 0.3 is 6.09 Å². The summed E-state index contributed by atoms with van der Waals surface area (Å²) in [6.45, 7) is 12.2. The maximum absolute atomic E-state index is 13.4. The summed E-state index contributed by atoms with van der Waals surface area (Å²) in [6, 6.07) is 10.9. The summed E-state index contributed by atoms with van der Waals surface area (Å²) in [5.41, 5.74) is 2.78. The Morgan fingerprint density at radius 3 is 2.58 bits per heavy atom. The number of hydrogen-bond donors (Lipinski definition) is 1. The van der Waals surface area contributed by atoms with E-state index in [9.17, 15) is 13.2 Å². The topological polar surface area (TPSA) is 96.2 Å². The number of ether oxygens (including phenoxy) is 1. The first-order valence-corrected chi connectivity index (χ1v) is 14.3. The summed E-state index contributed by atoms with van der Waals surface area (Å²) in [5.74, 6) is 0. The second-order valence-corrected chi connectivity index (χ2v) is 13.3. The van der Waals surface area contributed by atoms with E-state index in [2.05, 4.69) is 16.9 Å². The lowest BCUT2D eigenvalue weighted by Gasteiger charge is -2.27. The number of carbonyl (C=O) groups excluding carboxylic acids is 1. The number of benzene rings is 1. The summed E-state index contributed by atoms with van der Waals surface area (Å²) in [7, 11) is -3.62. The largest absolute Gasteiger partial charge is 0.444 e. The molecular formula is C28H35N5O4S. The number of nitrogens with zero attached hydrogens (tertiary/aromatic N) is 4. The minimum absolute atomic E-state index is 0.214. The first-order chi connectivity index (χ1) is 17.9. The van der Waals surface area contributed by atoms with Crippen LogP contribution in [-0.4, -0.2) is 64.9 Å². The van der Waals surface area contributed by atoms with Crippen molar-refractivity contribution in [1.29, 1.82) is 0 Å². The summed E-state index contributed by atoms with van der Waals surface area (Å²) in [5, 5.41) is 3.32. The molecule has 1 unspecified atom stereocenters. The maximum atomic E-state index is 13.4. The first-order valence-electron chi connectivity index (χ1n) is 12.9. The van der Waals surface area contributed by atoms with E-state index in [1.165, 1.54) is 0 Å². The molecule has 0 bridgehead atoms. The van der Waals surface area contributed by atoms with Crippen LogP contribution >= 0.6 is 0 Å². The van der Waals surface area contributed by atoms with Gasteiger partial charge in [0.15, 0.2) is 0 Å². The van der Waals surface area contributed by atoms with E-state index in [0.29, 0.717) is 32.7 Å². The minimum Gasteiger partial charge on any atom is -0.444 e. The zero-order chi connectivity index (χ0) is 27.1. The molecule has 2 aliphatic rings. The molecule has 5 rings (SSSR count). The van der Waals surface area contributed by atoms with E-state index in [-0.39, 0.29) is 16.4 Å². The van der Waals surface area contributed by atoms with Gasteiger partial charge in [-0.1, -0.05) is 18.7 Å². The van der Waals surface area contributed by atoms with Crippen molar-refractivity contribution in [3.05, 3.63) is 72.7 Å². The molecule has 202 valence electrons. The Hall–Kier alpha value is -3.37. The highest BCUT2D eigenvalue weighted by atomic mass is 32.2. The van der Waals surface area contributed by atoms with Crippen molar-refractivity contribution in [2.45, 2.75) is 50.7 Å². The molecular weight excluding hydrogens is 502 g/mol. The average molecular weight is 538 g/mol. The van der Waals surface area contributed by atoms with Gasteiger partial charge in [-0.2, -0.15) is 4.31 Å². The van der Waals surface area contributed by atoms with Gasteiger partial charge in [0.05, 0.1) is 4.90 Å². The molecule has 9 nitrogen and oxygen atoms in total. The second-order valence-electron chi connectivity index (χ2n) is 11.3. The predicted molar refractivity (Wildman–Crippen MR) is 146 cm³/mol. The van der Waals surface area contributed by atoms with Crippen LogP contribution < -0.4 is 5.32 Å². The highest BCUT2D eigenvalue weighted by Gasteiger charge is 2.48. The van der Waals surface area contributed by atoms with Gasteiger partial charge < -0.3 is 19.4 Å². The fraction of sp³-hybridized carbons (Fsp3) is 0.429. The molecule has 4 heterocycles. The number of nitrogens with one attached hydrogen (secondary N) is 1. The number of amides is 1. The van der Waals surface area contributed by atoms with Gasteiger partial charge in [0.25, 0.3) is 0 Å². The molecule has 3 aromatic rings. The quantitative estimate of drug-likeness (QED) is 0.508. The predicted octanol–water partition coefficient (Wildman–Crippen LogP) is 4.12. The maximum Gasteiger partial charge on any atom is 0.410 e. The number of carbonyl (C=O) groups is 1. The molecule has 0 radical (unpaired) electrons. The molecule has 10 heteroatoms. The number of fused-ring (bicyclic) bond motifs is 1. The highest BCUT2D eigenvalue weighted by Crippen LogP contribution is 2.41. The van der Waals surface area contributed by atoms with Crippen LogP contribution in [0.25, 0.3) is 11.3 Å². The van der Waals surface area contributed by atoms with Crippen LogP contribution in [0, 0.1) is 5.41 Å². The third-order valence-corrected chi connectivity index (χ3v) is 9.16. The number of pyridine rings is 1. The van der Waals surface area contributed by atoms with Crippen LogP contribution in [0.15, 0.2) is 66.5 Å². The molecule has 2 aromatic heterocycles. The van der Waals surface area contributed by atoms with Crippen molar-refractivity contribution in [1.82, 2.24) is 23.9 Å². The smallest absolute Gasteiger partial charge is 0.410 e. The van der Waals surface area contributed by atoms with Crippen LogP contribution in [-0.2, 0) is 21.3 Å². The number of aromatic nitrogens is 2. The lowest BCUT2D eigenvalue weighted by Crippen LogP contribution is -2.38. The van der Waals surface area contributed by atoms with Gasteiger partial charge in [-0.05, 0) is 63.4 Å². The molecule has 0 aliphatic carbocycles. The molecule has 1 spiro atoms. The third-order valence-electron chi connectivity index (χ3n) is 7.30. The third kappa shape index (κ3) is 5.42. The minimum atomic E-state index is -3.62. The molecule has 1 atom stereocenters. The van der Waals surface area contributed by atoms with E-state index in [0.717, 1.165) is 35.3 Å². The summed E-state index contributed by atoms with van der Waals surface area (Å²) in [6.07, 6.45) is 6.79. The molecule has 2 aliphatic heterocycles. The van der Waals surface area contributed by atoms with E-state index in [4.69, 9.17) is 4.74 Å². The molecule has 1 amide bonds. The number of hydrogen-bond acceptors (Lipinski definition) is 6. The van der Waals surface area contributed by atoms with E-state index < -0.39 is 15.6 Å². The molecule has 1 aromatic carbocycles. The second kappa shape index (κ2) is 9.74. The van der Waals surface area contributed by atoms with Crippen molar-refractivity contribution in [2.75, 3.05) is 26.2 Å². The molecule has 2 saturated heterocycles. The molecule has 2 fully saturated rings. The van der Waals surface area contributed by atoms with Crippen molar-refractivity contribution < 1.29 is 17.9 Å². The number of sulfonamides is 1. The lowest BCUT2D eigenvalue weighted by atomic mass is 9.87. The normalized spacial score (nSPS) is 20.3. The van der Waals surface area contributed by atoms with Gasteiger partial charge in [-0.15, -0.1) is 0 Å². The Kier molecular flexibility index (Phi) is 6.73. The Balaban J connectivity index is 1.18. The summed E-state index contributed by atoms with van der Waals surface area (Å²) >= 11 is 0. The van der Waals surface area contributed by atoms with Gasteiger partial charge in [0.2, 0.25) is 10.0 Å². The fourth-order valence-electron chi connectivity index (χ4n) is 5.19. The standard InChI is InChI=1S/C28H35N5O4S/c1-21(23-7-10-25-29-13-16-31(25)18-23)30-17-22-5-8-24(9-6-22)38(35,36)33-15-12-28(20-33)11-14-32(19-28)26(34)37-27(2,3)4/h5-10,13,16,18,30H,1,11-12,14-15,17,19-20H2,2-4H3. The average Bonchev–Trinajstić information content (AvgIpc) is 3.62. The Morgan fingerprint density at radius 2 is 1.84 bits per heavy atom. The first kappa shape index (κ1) is 26.2. The zero-order valence-electron chi connectivity index (χ0n) is 22.2. The van der Waals surface area contributed by atoms with Gasteiger partial charge in [0, 0.05) is 68.0 Å². The molecule has 1 N–H and O–H groups in total. The van der Waals surface area contributed by atoms with Crippen LogP contribution in [0.5, 0.6) is 0 Å². The highest BCUT2D eigenvalue weighted by molar-refractivity contribution is 7.89.